The molecule has 0 aliphatic carbocycles. The summed E-state index contributed by atoms with van der Waals surface area (Å²) in [4.78, 5) is 12.5. The molecular weight excluding hydrogens is 246 g/mol. The average molecular weight is 261 g/mol. The van der Waals surface area contributed by atoms with E-state index in [2.05, 4.69) is 5.32 Å². The Hall–Kier alpha value is -1.65. The van der Waals surface area contributed by atoms with Crippen LogP contribution in [0.2, 0.25) is 0 Å². The first-order chi connectivity index (χ1) is 8.68. The van der Waals surface area contributed by atoms with Gasteiger partial charge in [-0.05, 0) is 23.9 Å². The quantitative estimate of drug-likeness (QED) is 0.888. The number of hydrogen-bond acceptors (Lipinski definition) is 3. The van der Waals surface area contributed by atoms with Crippen LogP contribution in [0.5, 0.6) is 0 Å². The summed E-state index contributed by atoms with van der Waals surface area (Å²) in [6, 6.07) is 12.6. The Kier molecular flexibility index (Phi) is 4.12. The molecule has 0 unspecified atom stereocenters. The average Bonchev–Trinajstić information content (AvgIpc) is 2.92. The van der Waals surface area contributed by atoms with E-state index >= 15 is 0 Å². The summed E-state index contributed by atoms with van der Waals surface area (Å²) < 4.78 is 0. The molecular formula is C14H15NO2S. The molecule has 1 aromatic carbocycles. The first-order valence-corrected chi connectivity index (χ1v) is 6.64. The second-order valence-corrected chi connectivity index (χ2v) is 5.04. The number of aliphatic hydroxyl groups is 1. The van der Waals surface area contributed by atoms with Gasteiger partial charge in [-0.15, -0.1) is 11.3 Å². The molecule has 0 aliphatic heterocycles. The first kappa shape index (κ1) is 12.8. The van der Waals surface area contributed by atoms with Gasteiger partial charge < -0.3 is 10.4 Å². The lowest BCUT2D eigenvalue weighted by Gasteiger charge is -2.20. The summed E-state index contributed by atoms with van der Waals surface area (Å²) in [6.45, 7) is 1.79. The van der Waals surface area contributed by atoms with Gasteiger partial charge in [-0.1, -0.05) is 36.4 Å². The summed E-state index contributed by atoms with van der Waals surface area (Å²) in [7, 11) is 0. The van der Waals surface area contributed by atoms with E-state index in [4.69, 9.17) is 0 Å². The Morgan fingerprint density at radius 2 is 1.94 bits per heavy atom. The number of hydrogen-bond donors (Lipinski definition) is 2. The van der Waals surface area contributed by atoms with Gasteiger partial charge in [-0.3, -0.25) is 4.79 Å². The largest absolute Gasteiger partial charge is 0.386 e. The monoisotopic (exact) mass is 261 g/mol. The molecule has 0 aliphatic rings. The van der Waals surface area contributed by atoms with Gasteiger partial charge >= 0.3 is 0 Å². The van der Waals surface area contributed by atoms with E-state index in [-0.39, 0.29) is 11.9 Å². The van der Waals surface area contributed by atoms with Crippen LogP contribution in [0.3, 0.4) is 0 Å². The third-order valence-electron chi connectivity index (χ3n) is 2.72. The fourth-order valence-corrected chi connectivity index (χ4v) is 2.33. The van der Waals surface area contributed by atoms with Crippen molar-refractivity contribution in [2.24, 2.45) is 0 Å². The molecule has 0 spiro atoms. The summed E-state index contributed by atoms with van der Waals surface area (Å²) >= 11 is 1.39. The Morgan fingerprint density at radius 1 is 1.22 bits per heavy atom. The normalized spacial score (nSPS) is 13.9. The van der Waals surface area contributed by atoms with Crippen molar-refractivity contribution in [3.63, 3.8) is 0 Å². The van der Waals surface area contributed by atoms with Gasteiger partial charge in [0.05, 0.1) is 17.0 Å². The van der Waals surface area contributed by atoms with Crippen LogP contribution >= 0.6 is 11.3 Å². The molecule has 0 bridgehead atoms. The Morgan fingerprint density at radius 3 is 2.56 bits per heavy atom. The molecule has 1 aromatic heterocycles. The zero-order valence-corrected chi connectivity index (χ0v) is 10.9. The van der Waals surface area contributed by atoms with Crippen molar-refractivity contribution in [3.8, 4) is 0 Å². The van der Waals surface area contributed by atoms with Gasteiger partial charge in [0.25, 0.3) is 5.91 Å². The van der Waals surface area contributed by atoms with Crippen LogP contribution in [-0.4, -0.2) is 17.1 Å². The topological polar surface area (TPSA) is 49.3 Å². The Bertz CT molecular complexity index is 496. The van der Waals surface area contributed by atoms with Gasteiger partial charge in [0.2, 0.25) is 0 Å². The van der Waals surface area contributed by atoms with Gasteiger partial charge in [0, 0.05) is 0 Å². The minimum atomic E-state index is -0.699. The van der Waals surface area contributed by atoms with E-state index in [0.717, 1.165) is 5.56 Å². The highest BCUT2D eigenvalue weighted by Gasteiger charge is 2.19. The van der Waals surface area contributed by atoms with Crippen molar-refractivity contribution in [2.45, 2.75) is 19.1 Å². The minimum Gasteiger partial charge on any atom is -0.386 e. The lowest BCUT2D eigenvalue weighted by molar-refractivity contribution is 0.0856. The van der Waals surface area contributed by atoms with Gasteiger partial charge in [0.1, 0.15) is 0 Å². The fraction of sp³-hybridized carbons (Fsp3) is 0.214. The number of benzene rings is 1. The van der Waals surface area contributed by atoms with Crippen LogP contribution in [0.25, 0.3) is 0 Å². The highest BCUT2D eigenvalue weighted by atomic mass is 32.1. The van der Waals surface area contributed by atoms with Crippen molar-refractivity contribution in [1.29, 1.82) is 0 Å². The smallest absolute Gasteiger partial charge is 0.261 e. The Balaban J connectivity index is 2.00. The second kappa shape index (κ2) is 5.80. The molecule has 2 aromatic rings. The van der Waals surface area contributed by atoms with Crippen LogP contribution < -0.4 is 5.32 Å². The maximum atomic E-state index is 11.8. The third kappa shape index (κ3) is 2.97. The van der Waals surface area contributed by atoms with E-state index in [0.29, 0.717) is 4.88 Å². The van der Waals surface area contributed by atoms with Gasteiger partial charge in [-0.25, -0.2) is 0 Å². The highest BCUT2D eigenvalue weighted by Crippen LogP contribution is 2.17. The van der Waals surface area contributed by atoms with Gasteiger partial charge in [-0.2, -0.15) is 0 Å². The molecule has 1 amide bonds. The summed E-state index contributed by atoms with van der Waals surface area (Å²) in [5.74, 6) is -0.146. The van der Waals surface area contributed by atoms with E-state index < -0.39 is 6.10 Å². The first-order valence-electron chi connectivity index (χ1n) is 5.76. The predicted molar refractivity (Wildman–Crippen MR) is 72.6 cm³/mol. The fourth-order valence-electron chi connectivity index (χ4n) is 1.70. The van der Waals surface area contributed by atoms with E-state index in [1.807, 2.05) is 41.8 Å². The van der Waals surface area contributed by atoms with Gasteiger partial charge in [0.15, 0.2) is 0 Å². The zero-order valence-electron chi connectivity index (χ0n) is 10.0. The molecule has 0 saturated carbocycles. The molecule has 0 saturated heterocycles. The number of thiophene rings is 1. The standard InChI is InChI=1S/C14H15NO2S/c1-10(13(16)11-6-3-2-4-7-11)15-14(17)12-8-5-9-18-12/h2-10,13,16H,1H3,(H,15,17)/t10-,13+/m0/s1. The molecule has 18 heavy (non-hydrogen) atoms. The molecule has 94 valence electrons. The molecule has 1 heterocycles. The highest BCUT2D eigenvalue weighted by molar-refractivity contribution is 7.12. The lowest BCUT2D eigenvalue weighted by atomic mass is 10.0. The number of carbonyl (C=O) groups is 1. The number of nitrogens with one attached hydrogen (secondary N) is 1. The summed E-state index contributed by atoms with van der Waals surface area (Å²) in [5.41, 5.74) is 0.802. The molecule has 2 N–H and O–H groups in total. The van der Waals surface area contributed by atoms with Crippen LogP contribution in [0, 0.1) is 0 Å². The molecule has 2 atom stereocenters. The SMILES string of the molecule is C[C@H](NC(=O)c1cccs1)[C@@H](O)c1ccccc1. The maximum absolute atomic E-state index is 11.8. The molecule has 2 rings (SSSR count). The van der Waals surface area contributed by atoms with Crippen LogP contribution in [0.4, 0.5) is 0 Å². The lowest BCUT2D eigenvalue weighted by Crippen LogP contribution is -2.36. The number of carbonyl (C=O) groups excluding carboxylic acids is 1. The number of rotatable bonds is 4. The van der Waals surface area contributed by atoms with Crippen LogP contribution in [-0.2, 0) is 0 Å². The molecule has 0 fully saturated rings. The third-order valence-corrected chi connectivity index (χ3v) is 3.59. The molecule has 3 nitrogen and oxygen atoms in total. The van der Waals surface area contributed by atoms with E-state index in [9.17, 15) is 9.90 Å². The van der Waals surface area contributed by atoms with Crippen molar-refractivity contribution in [1.82, 2.24) is 5.32 Å². The number of aliphatic hydroxyl groups excluding tert-OH is 1. The molecule has 4 heteroatoms. The van der Waals surface area contributed by atoms with Crippen molar-refractivity contribution < 1.29 is 9.90 Å². The number of amides is 1. The summed E-state index contributed by atoms with van der Waals surface area (Å²) in [5, 5.41) is 14.8. The predicted octanol–water partition coefficient (Wildman–Crippen LogP) is 2.60. The minimum absolute atomic E-state index is 0.146. The molecule has 0 radical (unpaired) electrons. The van der Waals surface area contributed by atoms with Crippen LogP contribution in [0.15, 0.2) is 47.8 Å². The Labute approximate surface area is 110 Å². The second-order valence-electron chi connectivity index (χ2n) is 4.09. The maximum Gasteiger partial charge on any atom is 0.261 e. The zero-order chi connectivity index (χ0) is 13.0. The summed E-state index contributed by atoms with van der Waals surface area (Å²) in [6.07, 6.45) is -0.699. The van der Waals surface area contributed by atoms with Crippen molar-refractivity contribution >= 4 is 17.2 Å². The van der Waals surface area contributed by atoms with Crippen molar-refractivity contribution in [3.05, 3.63) is 58.3 Å². The van der Waals surface area contributed by atoms with Crippen molar-refractivity contribution in [2.75, 3.05) is 0 Å². The van der Waals surface area contributed by atoms with E-state index in [1.54, 1.807) is 13.0 Å². The van der Waals surface area contributed by atoms with Crippen LogP contribution in [0.1, 0.15) is 28.3 Å². The van der Waals surface area contributed by atoms with E-state index in [1.165, 1.54) is 11.3 Å².